The van der Waals surface area contributed by atoms with Gasteiger partial charge in [0.05, 0.1) is 16.8 Å². The van der Waals surface area contributed by atoms with E-state index in [0.29, 0.717) is 54.9 Å². The summed E-state index contributed by atoms with van der Waals surface area (Å²) in [5.41, 5.74) is 8.81. The Morgan fingerprint density at radius 3 is 2.44 bits per heavy atom. The van der Waals surface area contributed by atoms with E-state index in [1.54, 1.807) is 16.8 Å². The number of nitrogen functional groups attached to an aromatic ring is 1. The Kier molecular flexibility index (Phi) is 5.92. The lowest BCUT2D eigenvalue weighted by Gasteiger charge is -2.38. The monoisotopic (exact) mass is 456 g/mol. The van der Waals surface area contributed by atoms with Crippen LogP contribution in [0.25, 0.3) is 0 Å². The molecule has 0 saturated carbocycles. The van der Waals surface area contributed by atoms with Crippen molar-refractivity contribution in [2.75, 3.05) is 59.9 Å². The summed E-state index contributed by atoms with van der Waals surface area (Å²) in [4.78, 5) is 15.4. The number of anilines is 4. The van der Waals surface area contributed by atoms with Crippen molar-refractivity contribution in [1.82, 2.24) is 19.7 Å². The molecule has 3 heterocycles. The van der Waals surface area contributed by atoms with Crippen LogP contribution in [0.4, 0.5) is 23.0 Å². The molecular weight excluding hydrogens is 428 g/mol. The normalized spacial score (nSPS) is 14.6. The zero-order chi connectivity index (χ0) is 22.9. The smallest absolute Gasteiger partial charge is 0.177 e. The van der Waals surface area contributed by atoms with Crippen LogP contribution in [-0.2, 0) is 23.4 Å². The first kappa shape index (κ1) is 21.9. The van der Waals surface area contributed by atoms with E-state index >= 15 is 0 Å². The van der Waals surface area contributed by atoms with Gasteiger partial charge in [-0.2, -0.15) is 5.10 Å². The van der Waals surface area contributed by atoms with Crippen molar-refractivity contribution in [1.29, 1.82) is 0 Å². The third kappa shape index (κ3) is 4.47. The fourth-order valence-electron chi connectivity index (χ4n) is 4.03. The van der Waals surface area contributed by atoms with Crippen LogP contribution < -0.4 is 20.4 Å². The van der Waals surface area contributed by atoms with Crippen molar-refractivity contribution < 1.29 is 8.42 Å². The highest BCUT2D eigenvalue weighted by molar-refractivity contribution is 7.90. The largest absolute Gasteiger partial charge is 0.393 e. The van der Waals surface area contributed by atoms with Crippen LogP contribution in [0, 0.1) is 0 Å². The lowest BCUT2D eigenvalue weighted by molar-refractivity contribution is 0.599. The number of aromatic nitrogens is 4. The first-order valence-electron chi connectivity index (χ1n) is 10.3. The maximum absolute atomic E-state index is 12.2. The zero-order valence-corrected chi connectivity index (χ0v) is 19.3. The molecular formula is C21H28N8O2S. The van der Waals surface area contributed by atoms with Crippen LogP contribution in [0.2, 0.25) is 0 Å². The summed E-state index contributed by atoms with van der Waals surface area (Å²) in [6.45, 7) is 3.30. The van der Waals surface area contributed by atoms with Gasteiger partial charge in [0.25, 0.3) is 0 Å². The molecule has 1 fully saturated rings. The van der Waals surface area contributed by atoms with Crippen molar-refractivity contribution in [3.05, 3.63) is 48.5 Å². The lowest BCUT2D eigenvalue weighted by Crippen LogP contribution is -2.47. The predicted octanol–water partition coefficient (Wildman–Crippen LogP) is 1.16. The highest BCUT2D eigenvalue weighted by Crippen LogP contribution is 2.31. The molecule has 10 nitrogen and oxygen atoms in total. The quantitative estimate of drug-likeness (QED) is 0.583. The number of benzene rings is 1. The second-order valence-corrected chi connectivity index (χ2v) is 10.0. The molecule has 3 aromatic rings. The molecule has 1 aromatic carbocycles. The number of sulfone groups is 1. The average molecular weight is 457 g/mol. The summed E-state index contributed by atoms with van der Waals surface area (Å²) < 4.78 is 26.1. The minimum Gasteiger partial charge on any atom is -0.393 e. The molecule has 0 bridgehead atoms. The topological polar surface area (TPSA) is 113 Å². The molecule has 32 heavy (non-hydrogen) atoms. The Labute approximate surface area is 188 Å². The van der Waals surface area contributed by atoms with Gasteiger partial charge >= 0.3 is 0 Å². The van der Waals surface area contributed by atoms with Crippen molar-refractivity contribution in [2.45, 2.75) is 11.4 Å². The number of hydrogen-bond acceptors (Lipinski definition) is 9. The molecule has 0 spiro atoms. The molecule has 0 amide bonds. The van der Waals surface area contributed by atoms with Gasteiger partial charge in [-0.15, -0.1) is 0 Å². The number of nitrogens with zero attached hydrogens (tertiary/aromatic N) is 7. The minimum absolute atomic E-state index is 0.356. The Hall–Kier alpha value is -3.34. The van der Waals surface area contributed by atoms with Crippen molar-refractivity contribution in [3.8, 4) is 0 Å². The van der Waals surface area contributed by atoms with Crippen LogP contribution in [0.15, 0.2) is 47.9 Å². The highest BCUT2D eigenvalue weighted by atomic mass is 32.2. The van der Waals surface area contributed by atoms with E-state index in [2.05, 4.69) is 24.9 Å². The molecule has 1 aliphatic rings. The summed E-state index contributed by atoms with van der Waals surface area (Å²) in [6, 6.07) is 7.13. The molecule has 0 atom stereocenters. The predicted molar refractivity (Wildman–Crippen MR) is 126 cm³/mol. The van der Waals surface area contributed by atoms with E-state index in [9.17, 15) is 8.42 Å². The van der Waals surface area contributed by atoms with Crippen LogP contribution in [-0.4, -0.2) is 67.6 Å². The number of aryl methyl sites for hydroxylation is 1. The molecule has 1 aliphatic heterocycles. The minimum atomic E-state index is -3.30. The molecule has 11 heteroatoms. The summed E-state index contributed by atoms with van der Waals surface area (Å²) in [7, 11) is 0.521. The van der Waals surface area contributed by atoms with Crippen LogP contribution in [0.3, 0.4) is 0 Å². The summed E-state index contributed by atoms with van der Waals surface area (Å²) in [5, 5.41) is 4.21. The lowest BCUT2D eigenvalue weighted by atomic mass is 10.2. The SMILES string of the molecule is CN(Cc1cnn(C)c1)c1ncnc(N2CCN(c3ccccc3S(C)(=O)=O)CC2)c1N. The van der Waals surface area contributed by atoms with Crippen molar-refractivity contribution in [2.24, 2.45) is 7.05 Å². The number of para-hydroxylation sites is 1. The maximum atomic E-state index is 12.2. The van der Waals surface area contributed by atoms with Gasteiger partial charge in [-0.1, -0.05) is 12.1 Å². The summed E-state index contributed by atoms with van der Waals surface area (Å²) in [6.07, 6.45) is 6.56. The maximum Gasteiger partial charge on any atom is 0.177 e. The first-order chi connectivity index (χ1) is 15.2. The summed E-state index contributed by atoms with van der Waals surface area (Å²) >= 11 is 0. The van der Waals surface area contributed by atoms with E-state index in [-0.39, 0.29) is 0 Å². The number of hydrogen-bond donors (Lipinski definition) is 1. The fourth-order valence-corrected chi connectivity index (χ4v) is 4.93. The third-order valence-corrected chi connectivity index (χ3v) is 6.71. The number of piperazine rings is 1. The van der Waals surface area contributed by atoms with Gasteiger partial charge < -0.3 is 20.4 Å². The fraction of sp³-hybridized carbons (Fsp3) is 0.381. The van der Waals surface area contributed by atoms with Gasteiger partial charge in [0.15, 0.2) is 21.5 Å². The standard InChI is InChI=1S/C21H28N8O2S/c1-26(13-16-12-25-27(2)14-16)20-19(22)21(24-15-23-20)29-10-8-28(9-11-29)17-6-4-5-7-18(17)32(3,30)31/h4-7,12,14-15H,8-11,13,22H2,1-3H3. The second-order valence-electron chi connectivity index (χ2n) is 8.03. The molecule has 170 valence electrons. The van der Waals surface area contributed by atoms with E-state index in [1.165, 1.54) is 12.6 Å². The van der Waals surface area contributed by atoms with Gasteiger partial charge in [-0.05, 0) is 12.1 Å². The Morgan fingerprint density at radius 1 is 1.09 bits per heavy atom. The number of rotatable bonds is 6. The zero-order valence-electron chi connectivity index (χ0n) is 18.5. The van der Waals surface area contributed by atoms with Gasteiger partial charge in [-0.3, -0.25) is 4.68 Å². The number of nitrogens with two attached hydrogens (primary N) is 1. The van der Waals surface area contributed by atoms with E-state index in [1.807, 2.05) is 43.5 Å². The van der Waals surface area contributed by atoms with Crippen molar-refractivity contribution in [3.63, 3.8) is 0 Å². The molecule has 4 rings (SSSR count). The third-order valence-electron chi connectivity index (χ3n) is 5.57. The van der Waals surface area contributed by atoms with Gasteiger partial charge in [-0.25, -0.2) is 18.4 Å². The second kappa shape index (κ2) is 8.65. The van der Waals surface area contributed by atoms with Crippen LogP contribution in [0.5, 0.6) is 0 Å². The van der Waals surface area contributed by atoms with Crippen molar-refractivity contribution >= 4 is 32.8 Å². The van der Waals surface area contributed by atoms with Gasteiger partial charge in [0.1, 0.15) is 12.0 Å². The molecule has 1 saturated heterocycles. The molecule has 0 unspecified atom stereocenters. The summed E-state index contributed by atoms with van der Waals surface area (Å²) in [5.74, 6) is 1.37. The van der Waals surface area contributed by atoms with Crippen LogP contribution in [0.1, 0.15) is 5.56 Å². The average Bonchev–Trinajstić information content (AvgIpc) is 3.18. The van der Waals surface area contributed by atoms with E-state index < -0.39 is 9.84 Å². The van der Waals surface area contributed by atoms with Crippen LogP contribution >= 0.6 is 0 Å². The van der Waals surface area contributed by atoms with E-state index in [4.69, 9.17) is 5.73 Å². The highest BCUT2D eigenvalue weighted by Gasteiger charge is 2.25. The van der Waals surface area contributed by atoms with Gasteiger partial charge in [0, 0.05) is 64.8 Å². The Balaban J connectivity index is 1.49. The molecule has 2 N–H and O–H groups in total. The first-order valence-corrected chi connectivity index (χ1v) is 12.2. The molecule has 0 aliphatic carbocycles. The Bertz CT molecular complexity index is 1200. The Morgan fingerprint density at radius 2 is 1.78 bits per heavy atom. The van der Waals surface area contributed by atoms with Gasteiger partial charge in [0.2, 0.25) is 0 Å². The molecule has 0 radical (unpaired) electrons. The van der Waals surface area contributed by atoms with E-state index in [0.717, 1.165) is 11.3 Å². The molecule has 2 aromatic heterocycles.